The van der Waals surface area contributed by atoms with Gasteiger partial charge in [-0.3, -0.25) is 4.68 Å². The molecule has 0 unspecified atom stereocenters. The summed E-state index contributed by atoms with van der Waals surface area (Å²) in [6.07, 6.45) is 0. The van der Waals surface area contributed by atoms with Crippen LogP contribution in [0.25, 0.3) is 44.3 Å². The molecule has 54 heavy (non-hydrogen) atoms. The Kier molecular flexibility index (Phi) is 9.08. The number of hydrogen-bond acceptors (Lipinski definition) is 3. The Morgan fingerprint density at radius 3 is 1.87 bits per heavy atom. The van der Waals surface area contributed by atoms with E-state index in [1.165, 1.54) is 4.68 Å². The third kappa shape index (κ3) is 5.72. The molecule has 0 radical (unpaired) electrons. The van der Waals surface area contributed by atoms with Crippen LogP contribution < -0.4 is 9.80 Å². The van der Waals surface area contributed by atoms with E-state index >= 15 is 8.78 Å². The fourth-order valence-corrected chi connectivity index (χ4v) is 7.30. The van der Waals surface area contributed by atoms with Gasteiger partial charge in [0.2, 0.25) is 5.82 Å². The molecule has 8 rings (SSSR count). The minimum atomic E-state index is -2.21. The maximum Gasteiger partial charge on any atom is 0.200 e. The quantitative estimate of drug-likeness (QED) is 0.0763. The van der Waals surface area contributed by atoms with Crippen molar-refractivity contribution in [2.75, 3.05) is 16.8 Å². The van der Waals surface area contributed by atoms with E-state index < -0.39 is 45.5 Å². The van der Waals surface area contributed by atoms with E-state index in [9.17, 15) is 13.2 Å². The summed E-state index contributed by atoms with van der Waals surface area (Å²) in [5.41, 5.74) is 3.21. The van der Waals surface area contributed by atoms with E-state index in [0.29, 0.717) is 11.2 Å². The van der Waals surface area contributed by atoms with Gasteiger partial charge in [0.1, 0.15) is 0 Å². The Balaban J connectivity index is 0.00000450. The fourth-order valence-electron chi connectivity index (χ4n) is 7.30. The summed E-state index contributed by atoms with van der Waals surface area (Å²) in [4.78, 5) is 4.13. The number of benzene rings is 5. The molecule has 5 nitrogen and oxygen atoms in total. The normalized spacial score (nSPS) is 13.3. The van der Waals surface area contributed by atoms with Gasteiger partial charge in [-0.05, 0) is 36.3 Å². The van der Waals surface area contributed by atoms with Gasteiger partial charge in [0.05, 0.1) is 17.0 Å². The molecule has 3 heterocycles. The summed E-state index contributed by atoms with van der Waals surface area (Å²) in [5.74, 6) is -10.0. The number of rotatable bonds is 4. The van der Waals surface area contributed by atoms with E-state index in [1.54, 1.807) is 20.8 Å². The molecule has 0 fully saturated rings. The molecule has 1 aliphatic rings. The molecule has 280 valence electrons. The second-order valence-electron chi connectivity index (χ2n) is 15.4. The number of anilines is 3. The summed E-state index contributed by atoms with van der Waals surface area (Å²) < 4.78 is 78.8. The standard InChI is InChI=1S/C43H35F5N5.Pt/c1-42(2,3)40-34(33-35(44)37(46)39(48)38(47)36(33)45)41(43(4,5)6)53(49-40)26-19-20-28-27-15-8-9-16-29(27)52(32(28)22-26)25-14-12-13-24(21-25)51-23-50(7)30-17-10-11-18-31(30)51;/h8-20,23H,1-7H3;/q-3;. The van der Waals surface area contributed by atoms with Gasteiger partial charge < -0.3 is 14.4 Å². The minimum absolute atomic E-state index is 0. The number of halogens is 5. The first-order valence-corrected chi connectivity index (χ1v) is 17.2. The second kappa shape index (κ2) is 13.1. The number of hydrogen-bond donors (Lipinski definition) is 0. The van der Waals surface area contributed by atoms with Crippen molar-refractivity contribution in [3.63, 3.8) is 0 Å². The molecule has 0 bridgehead atoms. The first-order valence-electron chi connectivity index (χ1n) is 17.2. The van der Waals surface area contributed by atoms with Crippen molar-refractivity contribution in [3.05, 3.63) is 138 Å². The molecule has 0 spiro atoms. The molecular weight excluding hydrogens is 877 g/mol. The van der Waals surface area contributed by atoms with Gasteiger partial charge in [0.25, 0.3) is 0 Å². The Morgan fingerprint density at radius 2 is 1.20 bits per heavy atom. The average molecular weight is 912 g/mol. The van der Waals surface area contributed by atoms with Crippen LogP contribution in [0.15, 0.2) is 78.9 Å². The molecule has 2 aromatic heterocycles. The smallest absolute Gasteiger partial charge is 0.200 e. The summed E-state index contributed by atoms with van der Waals surface area (Å²) in [5, 5.41) is 6.76. The predicted octanol–water partition coefficient (Wildman–Crippen LogP) is 11.2. The predicted molar refractivity (Wildman–Crippen MR) is 199 cm³/mol. The zero-order valence-corrected chi connectivity index (χ0v) is 32.8. The molecule has 7 aromatic rings. The summed E-state index contributed by atoms with van der Waals surface area (Å²) in [6, 6.07) is 32.9. The van der Waals surface area contributed by atoms with E-state index in [0.717, 1.165) is 39.0 Å². The zero-order chi connectivity index (χ0) is 37.7. The van der Waals surface area contributed by atoms with Gasteiger partial charge >= 0.3 is 0 Å². The van der Waals surface area contributed by atoms with Crippen molar-refractivity contribution in [2.24, 2.45) is 0 Å². The van der Waals surface area contributed by atoms with Crippen LogP contribution in [0.1, 0.15) is 52.9 Å². The SMILES string of the molecule is CN1[CH-]N(c2[c-]c(-n3c4[c-]c(-n5nc(C(C)(C)C)c(-c6c(F)c(F)c(F)c(F)c6F)c5C(C)(C)C)ccc4c4ccccc43)ccc2)c2ccccc21.[Pt]. The van der Waals surface area contributed by atoms with E-state index in [1.807, 2.05) is 101 Å². The molecule has 1 aliphatic heterocycles. The summed E-state index contributed by atoms with van der Waals surface area (Å²) >= 11 is 0. The molecule has 0 saturated heterocycles. The van der Waals surface area contributed by atoms with Crippen molar-refractivity contribution in [1.29, 1.82) is 0 Å². The Hall–Kier alpha value is -4.95. The summed E-state index contributed by atoms with van der Waals surface area (Å²) in [6.45, 7) is 12.8. The molecule has 0 amide bonds. The van der Waals surface area contributed by atoms with Gasteiger partial charge in [-0.15, -0.1) is 41.4 Å². The van der Waals surface area contributed by atoms with Crippen LogP contribution in [0.2, 0.25) is 0 Å². The maximum absolute atomic E-state index is 15.7. The van der Waals surface area contributed by atoms with Gasteiger partial charge in [0.15, 0.2) is 23.3 Å². The number of aromatic nitrogens is 3. The molecule has 0 N–H and O–H groups in total. The Morgan fingerprint density at radius 1 is 0.593 bits per heavy atom. The topological polar surface area (TPSA) is 29.2 Å². The van der Waals surface area contributed by atoms with Crippen LogP contribution in [-0.2, 0) is 31.9 Å². The van der Waals surface area contributed by atoms with Gasteiger partial charge in [-0.1, -0.05) is 83.1 Å². The third-order valence-corrected chi connectivity index (χ3v) is 9.64. The number of para-hydroxylation sites is 3. The molecule has 5 aromatic carbocycles. The van der Waals surface area contributed by atoms with Crippen molar-refractivity contribution >= 4 is 38.9 Å². The largest absolute Gasteiger partial charge is 0.504 e. The second-order valence-corrected chi connectivity index (χ2v) is 15.4. The fraction of sp³-hybridized carbons (Fsp3) is 0.209. The monoisotopic (exact) mass is 911 g/mol. The third-order valence-electron chi connectivity index (χ3n) is 9.64. The first-order chi connectivity index (χ1) is 25.1. The molecule has 11 heteroatoms. The zero-order valence-electron chi connectivity index (χ0n) is 30.5. The van der Waals surface area contributed by atoms with Crippen LogP contribution in [0, 0.1) is 47.9 Å². The van der Waals surface area contributed by atoms with Gasteiger partial charge in [0, 0.05) is 54.4 Å². The van der Waals surface area contributed by atoms with E-state index in [-0.39, 0.29) is 38.0 Å². The van der Waals surface area contributed by atoms with Crippen molar-refractivity contribution in [3.8, 4) is 22.5 Å². The molecule has 0 atom stereocenters. The number of fused-ring (bicyclic) bond motifs is 4. The van der Waals surface area contributed by atoms with E-state index in [4.69, 9.17) is 5.10 Å². The maximum atomic E-state index is 15.7. The molecule has 0 aliphatic carbocycles. The van der Waals surface area contributed by atoms with Crippen LogP contribution >= 0.6 is 0 Å². The minimum Gasteiger partial charge on any atom is -0.504 e. The first kappa shape index (κ1) is 37.4. The summed E-state index contributed by atoms with van der Waals surface area (Å²) in [7, 11) is 2.00. The number of nitrogens with zero attached hydrogens (tertiary/aromatic N) is 5. The van der Waals surface area contributed by atoms with Crippen molar-refractivity contribution in [1.82, 2.24) is 14.3 Å². The van der Waals surface area contributed by atoms with E-state index in [2.05, 4.69) is 38.6 Å². The Labute approximate surface area is 324 Å². The van der Waals surface area contributed by atoms with Crippen molar-refractivity contribution < 1.29 is 43.0 Å². The van der Waals surface area contributed by atoms with Crippen LogP contribution in [0.5, 0.6) is 0 Å². The van der Waals surface area contributed by atoms with Crippen molar-refractivity contribution in [2.45, 2.75) is 52.4 Å². The average Bonchev–Trinajstić information content (AvgIpc) is 3.80. The van der Waals surface area contributed by atoms with Crippen LogP contribution in [-0.4, -0.2) is 21.4 Å². The Bertz CT molecular complexity index is 2580. The van der Waals surface area contributed by atoms with Crippen LogP contribution in [0.4, 0.5) is 39.0 Å². The van der Waals surface area contributed by atoms with Gasteiger partial charge in [-0.25, -0.2) is 22.0 Å². The van der Waals surface area contributed by atoms with Crippen LogP contribution in [0.3, 0.4) is 0 Å². The van der Waals surface area contributed by atoms with Gasteiger partial charge in [-0.2, -0.15) is 23.9 Å². The molecular formula is C43H35F5N5Pt-3. The molecule has 0 saturated carbocycles.